The van der Waals surface area contributed by atoms with E-state index in [1.54, 1.807) is 49.4 Å². The van der Waals surface area contributed by atoms with Crippen LogP contribution in [0.25, 0.3) is 10.9 Å². The summed E-state index contributed by atoms with van der Waals surface area (Å²) in [6, 6.07) is 13.2. The van der Waals surface area contributed by atoms with Gasteiger partial charge in [0, 0.05) is 50.3 Å². The number of benzene rings is 2. The highest BCUT2D eigenvalue weighted by Gasteiger charge is 2.30. The molecule has 2 aromatic carbocycles. The van der Waals surface area contributed by atoms with Crippen LogP contribution < -0.4 is 5.32 Å². The molecular formula is C23H26N4O5S. The van der Waals surface area contributed by atoms with Crippen LogP contribution in [0.4, 0.5) is 10.5 Å². The van der Waals surface area contributed by atoms with Gasteiger partial charge in [-0.05, 0) is 43.3 Å². The number of nitrogens with zero attached hydrogens (tertiary/aromatic N) is 3. The fourth-order valence-corrected chi connectivity index (χ4v) is 5.33. The molecule has 1 fully saturated rings. The van der Waals surface area contributed by atoms with Crippen molar-refractivity contribution >= 4 is 38.6 Å². The van der Waals surface area contributed by atoms with Gasteiger partial charge in [0.25, 0.3) is 0 Å². The number of hydrogen-bond acceptors (Lipinski definition) is 5. The summed E-state index contributed by atoms with van der Waals surface area (Å²) in [7, 11) is -1.76. The van der Waals surface area contributed by atoms with Gasteiger partial charge >= 0.3 is 12.0 Å². The summed E-state index contributed by atoms with van der Waals surface area (Å²) in [6.07, 6.45) is 1.89. The Balaban J connectivity index is 1.42. The molecule has 1 saturated heterocycles. The van der Waals surface area contributed by atoms with Crippen LogP contribution in [0, 0.1) is 0 Å². The topological polar surface area (TPSA) is 101 Å². The van der Waals surface area contributed by atoms with E-state index in [1.807, 2.05) is 23.9 Å². The van der Waals surface area contributed by atoms with Gasteiger partial charge in [-0.2, -0.15) is 4.31 Å². The standard InChI is InChI=1S/C23H26N4O5S/c1-3-32-22(28)19-6-4-5-7-20(19)24-23(29)26-12-14-27(15-13-26)33(30,31)18-8-9-21-17(16-18)10-11-25(21)2/h4-11,16H,3,12-15H2,1-2H3,(H,24,29). The monoisotopic (exact) mass is 470 g/mol. The Kier molecular flexibility index (Phi) is 6.39. The van der Waals surface area contributed by atoms with E-state index >= 15 is 0 Å². The van der Waals surface area contributed by atoms with Crippen LogP contribution in [0.3, 0.4) is 0 Å². The molecule has 10 heteroatoms. The average molecular weight is 471 g/mol. The zero-order chi connectivity index (χ0) is 23.6. The lowest BCUT2D eigenvalue weighted by atomic mass is 10.2. The number of amides is 2. The molecule has 3 aromatic rings. The number of hydrogen-bond donors (Lipinski definition) is 1. The number of carbonyl (C=O) groups excluding carboxylic acids is 2. The molecule has 0 spiro atoms. The Morgan fingerprint density at radius 1 is 1.03 bits per heavy atom. The summed E-state index contributed by atoms with van der Waals surface area (Å²) in [6.45, 7) is 2.78. The van der Waals surface area contributed by atoms with Crippen molar-refractivity contribution in [2.24, 2.45) is 7.05 Å². The number of aromatic nitrogens is 1. The summed E-state index contributed by atoms with van der Waals surface area (Å²) in [5.74, 6) is -0.514. The molecule has 174 valence electrons. The molecule has 1 N–H and O–H groups in total. The normalized spacial score (nSPS) is 14.9. The summed E-state index contributed by atoms with van der Waals surface area (Å²) in [4.78, 5) is 26.7. The molecule has 0 unspecified atom stereocenters. The molecule has 1 aliphatic heterocycles. The molecular weight excluding hydrogens is 444 g/mol. The van der Waals surface area contributed by atoms with Crippen LogP contribution in [-0.4, -0.2) is 67.0 Å². The maximum atomic E-state index is 13.1. The number of nitrogens with one attached hydrogen (secondary N) is 1. The van der Waals surface area contributed by atoms with E-state index in [0.29, 0.717) is 5.69 Å². The van der Waals surface area contributed by atoms with E-state index < -0.39 is 22.0 Å². The van der Waals surface area contributed by atoms with Crippen molar-refractivity contribution in [2.45, 2.75) is 11.8 Å². The molecule has 2 heterocycles. The molecule has 0 radical (unpaired) electrons. The number of ether oxygens (including phenoxy) is 1. The van der Waals surface area contributed by atoms with E-state index in [2.05, 4.69) is 5.32 Å². The van der Waals surface area contributed by atoms with Crippen LogP contribution in [0.5, 0.6) is 0 Å². The SMILES string of the molecule is CCOC(=O)c1ccccc1NC(=O)N1CCN(S(=O)(=O)c2ccc3c(ccn3C)c2)CC1. The Bertz CT molecular complexity index is 1290. The highest BCUT2D eigenvalue weighted by molar-refractivity contribution is 7.89. The second-order valence-corrected chi connectivity index (χ2v) is 9.67. The van der Waals surface area contributed by atoms with Crippen LogP contribution in [0.15, 0.2) is 59.6 Å². The minimum atomic E-state index is -3.67. The number of aryl methyl sites for hydroxylation is 1. The number of para-hydroxylation sites is 1. The molecule has 1 aromatic heterocycles. The Hall–Kier alpha value is -3.37. The van der Waals surface area contributed by atoms with Gasteiger partial charge in [-0.25, -0.2) is 18.0 Å². The third-order valence-electron chi connectivity index (χ3n) is 5.68. The summed E-state index contributed by atoms with van der Waals surface area (Å²) in [5, 5.41) is 3.60. The molecule has 2 amide bonds. The lowest BCUT2D eigenvalue weighted by Crippen LogP contribution is -2.51. The van der Waals surface area contributed by atoms with E-state index in [0.717, 1.165) is 10.9 Å². The van der Waals surface area contributed by atoms with Crippen LogP contribution >= 0.6 is 0 Å². The van der Waals surface area contributed by atoms with Gasteiger partial charge in [-0.1, -0.05) is 12.1 Å². The number of esters is 1. The predicted octanol–water partition coefficient (Wildman–Crippen LogP) is 2.89. The number of fused-ring (bicyclic) bond motifs is 1. The average Bonchev–Trinajstić information content (AvgIpc) is 3.19. The molecule has 0 aliphatic carbocycles. The molecule has 0 atom stereocenters. The third kappa shape index (κ3) is 4.57. The molecule has 9 nitrogen and oxygen atoms in total. The number of piperazine rings is 1. The highest BCUT2D eigenvalue weighted by atomic mass is 32.2. The van der Waals surface area contributed by atoms with Gasteiger partial charge in [0.15, 0.2) is 0 Å². The fraction of sp³-hybridized carbons (Fsp3) is 0.304. The summed E-state index contributed by atoms with van der Waals surface area (Å²) in [5.41, 5.74) is 1.58. The first-order valence-electron chi connectivity index (χ1n) is 10.7. The van der Waals surface area contributed by atoms with Crippen molar-refractivity contribution in [3.8, 4) is 0 Å². The first-order chi connectivity index (χ1) is 15.8. The maximum absolute atomic E-state index is 13.1. The molecule has 0 saturated carbocycles. The van der Waals surface area contributed by atoms with Gasteiger partial charge in [0.05, 0.1) is 22.8 Å². The quantitative estimate of drug-likeness (QED) is 0.578. The summed E-state index contributed by atoms with van der Waals surface area (Å²) >= 11 is 0. The number of carbonyl (C=O) groups is 2. The fourth-order valence-electron chi connectivity index (χ4n) is 3.87. The first-order valence-corrected chi connectivity index (χ1v) is 12.1. The zero-order valence-electron chi connectivity index (χ0n) is 18.5. The number of rotatable bonds is 5. The number of urea groups is 1. The van der Waals surface area contributed by atoms with Crippen LogP contribution in [0.2, 0.25) is 0 Å². The molecule has 33 heavy (non-hydrogen) atoms. The number of sulfonamides is 1. The van der Waals surface area contributed by atoms with Crippen molar-refractivity contribution in [1.82, 2.24) is 13.8 Å². The van der Waals surface area contributed by atoms with Crippen molar-refractivity contribution in [3.63, 3.8) is 0 Å². The van der Waals surface area contributed by atoms with Crippen molar-refractivity contribution in [1.29, 1.82) is 0 Å². The van der Waals surface area contributed by atoms with Crippen LogP contribution in [-0.2, 0) is 21.8 Å². The van der Waals surface area contributed by atoms with Gasteiger partial charge in [-0.15, -0.1) is 0 Å². The highest BCUT2D eigenvalue weighted by Crippen LogP contribution is 2.24. The minimum Gasteiger partial charge on any atom is -0.462 e. The van der Waals surface area contributed by atoms with Crippen LogP contribution in [0.1, 0.15) is 17.3 Å². The second-order valence-electron chi connectivity index (χ2n) is 7.73. The smallest absolute Gasteiger partial charge is 0.340 e. The van der Waals surface area contributed by atoms with Gasteiger partial charge in [-0.3, -0.25) is 0 Å². The van der Waals surface area contributed by atoms with E-state index in [1.165, 1.54) is 9.21 Å². The molecule has 0 bridgehead atoms. The Morgan fingerprint density at radius 2 is 1.76 bits per heavy atom. The van der Waals surface area contributed by atoms with Gasteiger partial charge in [0.2, 0.25) is 10.0 Å². The minimum absolute atomic E-state index is 0.183. The maximum Gasteiger partial charge on any atom is 0.340 e. The van der Waals surface area contributed by atoms with Gasteiger partial charge in [0.1, 0.15) is 0 Å². The molecule has 4 rings (SSSR count). The van der Waals surface area contributed by atoms with Crippen molar-refractivity contribution in [3.05, 3.63) is 60.3 Å². The largest absolute Gasteiger partial charge is 0.462 e. The molecule has 1 aliphatic rings. The first kappa shape index (κ1) is 22.8. The lowest BCUT2D eigenvalue weighted by molar-refractivity contribution is 0.0527. The number of anilines is 1. The zero-order valence-corrected chi connectivity index (χ0v) is 19.3. The third-order valence-corrected chi connectivity index (χ3v) is 7.58. The van der Waals surface area contributed by atoms with E-state index in [-0.39, 0.29) is 43.2 Å². The van der Waals surface area contributed by atoms with E-state index in [4.69, 9.17) is 4.74 Å². The Labute approximate surface area is 192 Å². The predicted molar refractivity (Wildman–Crippen MR) is 125 cm³/mol. The lowest BCUT2D eigenvalue weighted by Gasteiger charge is -2.34. The van der Waals surface area contributed by atoms with Crippen molar-refractivity contribution < 1.29 is 22.7 Å². The second kappa shape index (κ2) is 9.24. The van der Waals surface area contributed by atoms with Gasteiger partial charge < -0.3 is 19.5 Å². The summed E-state index contributed by atoms with van der Waals surface area (Å²) < 4.78 is 34.6. The Morgan fingerprint density at radius 3 is 2.48 bits per heavy atom. The van der Waals surface area contributed by atoms with Crippen molar-refractivity contribution in [2.75, 3.05) is 38.1 Å². The van der Waals surface area contributed by atoms with E-state index in [9.17, 15) is 18.0 Å².